The summed E-state index contributed by atoms with van der Waals surface area (Å²) >= 11 is 0. The zero-order valence-corrected chi connectivity index (χ0v) is 12.2. The number of nitrogens with one attached hydrogen (secondary N) is 1. The molecule has 6 heteroatoms. The monoisotopic (exact) mass is 291 g/mol. The number of piperidine rings is 1. The van der Waals surface area contributed by atoms with Gasteiger partial charge in [0.1, 0.15) is 5.82 Å². The Kier molecular flexibility index (Phi) is 5.14. The van der Waals surface area contributed by atoms with Gasteiger partial charge >= 0.3 is 5.97 Å². The van der Waals surface area contributed by atoms with E-state index in [2.05, 4.69) is 22.1 Å². The first-order valence-corrected chi connectivity index (χ1v) is 7.30. The van der Waals surface area contributed by atoms with Gasteiger partial charge in [0.2, 0.25) is 5.91 Å². The molecule has 1 aliphatic heterocycles. The van der Waals surface area contributed by atoms with Gasteiger partial charge in [0.05, 0.1) is 18.3 Å². The molecule has 1 amide bonds. The van der Waals surface area contributed by atoms with Crippen molar-refractivity contribution in [2.75, 3.05) is 16.8 Å². The Bertz CT molecular complexity index is 501. The highest BCUT2D eigenvalue weighted by Crippen LogP contribution is 2.24. The van der Waals surface area contributed by atoms with Crippen LogP contribution in [0.4, 0.5) is 11.5 Å². The number of carbonyl (C=O) groups is 2. The maximum atomic E-state index is 11.5. The number of carboxylic acid groups (broad SMARTS) is 1. The lowest BCUT2D eigenvalue weighted by molar-refractivity contribution is -0.138. The molecule has 1 atom stereocenters. The Morgan fingerprint density at radius 1 is 1.38 bits per heavy atom. The van der Waals surface area contributed by atoms with E-state index in [9.17, 15) is 9.59 Å². The van der Waals surface area contributed by atoms with Crippen LogP contribution in [0.2, 0.25) is 0 Å². The molecule has 2 N–H and O–H groups in total. The van der Waals surface area contributed by atoms with Crippen molar-refractivity contribution in [3.05, 3.63) is 18.3 Å². The number of nitrogens with zero attached hydrogens (tertiary/aromatic N) is 2. The Balaban J connectivity index is 1.92. The standard InChI is InChI=1S/C15H21N3O3/c1-11-4-2-3-9-18(11)12-5-6-13(16-10-12)17-14(19)7-8-15(20)21/h5-6,10-11H,2-4,7-9H2,1H3,(H,20,21)(H,16,17,19). The molecular weight excluding hydrogens is 270 g/mol. The molecule has 1 aromatic rings. The molecule has 1 aliphatic rings. The molecule has 1 fully saturated rings. The normalized spacial score (nSPS) is 18.3. The van der Waals surface area contributed by atoms with E-state index in [1.807, 2.05) is 6.07 Å². The van der Waals surface area contributed by atoms with Gasteiger partial charge in [-0.3, -0.25) is 9.59 Å². The van der Waals surface area contributed by atoms with Crippen LogP contribution in [0.25, 0.3) is 0 Å². The van der Waals surface area contributed by atoms with Crippen LogP contribution in [0.3, 0.4) is 0 Å². The first kappa shape index (κ1) is 15.3. The number of pyridine rings is 1. The van der Waals surface area contributed by atoms with Gasteiger partial charge in [0.25, 0.3) is 0 Å². The minimum atomic E-state index is -0.979. The predicted octanol–water partition coefficient (Wildman–Crippen LogP) is 2.26. The Morgan fingerprint density at radius 2 is 2.19 bits per heavy atom. The van der Waals surface area contributed by atoms with Crippen molar-refractivity contribution in [2.24, 2.45) is 0 Å². The number of anilines is 2. The summed E-state index contributed by atoms with van der Waals surface area (Å²) in [6.45, 7) is 3.24. The maximum absolute atomic E-state index is 11.5. The van der Waals surface area contributed by atoms with Gasteiger partial charge in [0, 0.05) is 19.0 Å². The molecule has 0 aromatic carbocycles. The van der Waals surface area contributed by atoms with Crippen LogP contribution >= 0.6 is 0 Å². The number of aromatic nitrogens is 1. The van der Waals surface area contributed by atoms with Crippen LogP contribution in [0.1, 0.15) is 39.0 Å². The minimum Gasteiger partial charge on any atom is -0.481 e. The van der Waals surface area contributed by atoms with Crippen LogP contribution in [0.5, 0.6) is 0 Å². The molecule has 21 heavy (non-hydrogen) atoms. The second-order valence-corrected chi connectivity index (χ2v) is 5.38. The second kappa shape index (κ2) is 7.06. The topological polar surface area (TPSA) is 82.5 Å². The third-order valence-electron chi connectivity index (χ3n) is 3.72. The van der Waals surface area contributed by atoms with Crippen molar-refractivity contribution in [1.82, 2.24) is 4.98 Å². The van der Waals surface area contributed by atoms with Crippen molar-refractivity contribution in [3.8, 4) is 0 Å². The Morgan fingerprint density at radius 3 is 2.81 bits per heavy atom. The summed E-state index contributed by atoms with van der Waals surface area (Å²) in [7, 11) is 0. The van der Waals surface area contributed by atoms with Crippen molar-refractivity contribution < 1.29 is 14.7 Å². The number of aliphatic carboxylic acids is 1. The number of hydrogen-bond donors (Lipinski definition) is 2. The largest absolute Gasteiger partial charge is 0.481 e. The van der Waals surface area contributed by atoms with Crippen LogP contribution in [-0.4, -0.2) is 34.6 Å². The van der Waals surface area contributed by atoms with Crippen molar-refractivity contribution in [2.45, 2.75) is 45.1 Å². The number of hydrogen-bond acceptors (Lipinski definition) is 4. The van der Waals surface area contributed by atoms with E-state index in [0.29, 0.717) is 11.9 Å². The summed E-state index contributed by atoms with van der Waals surface area (Å²) in [5.41, 5.74) is 1.06. The summed E-state index contributed by atoms with van der Waals surface area (Å²) in [5.74, 6) is -0.852. The van der Waals surface area contributed by atoms with Crippen molar-refractivity contribution >= 4 is 23.4 Å². The molecule has 6 nitrogen and oxygen atoms in total. The van der Waals surface area contributed by atoms with Crippen LogP contribution in [0, 0.1) is 0 Å². The molecule has 1 saturated heterocycles. The molecule has 0 spiro atoms. The highest BCUT2D eigenvalue weighted by molar-refractivity contribution is 5.91. The smallest absolute Gasteiger partial charge is 0.303 e. The molecule has 114 valence electrons. The maximum Gasteiger partial charge on any atom is 0.303 e. The molecular formula is C15H21N3O3. The number of carboxylic acids is 1. The van der Waals surface area contributed by atoms with Gasteiger partial charge in [-0.05, 0) is 38.3 Å². The molecule has 1 aromatic heterocycles. The fourth-order valence-corrected chi connectivity index (χ4v) is 2.54. The summed E-state index contributed by atoms with van der Waals surface area (Å²) in [6, 6.07) is 4.22. The molecule has 0 saturated carbocycles. The van der Waals surface area contributed by atoms with Gasteiger partial charge in [0.15, 0.2) is 0 Å². The van der Waals surface area contributed by atoms with Crippen molar-refractivity contribution in [1.29, 1.82) is 0 Å². The zero-order chi connectivity index (χ0) is 15.2. The minimum absolute atomic E-state index is 0.0398. The third-order valence-corrected chi connectivity index (χ3v) is 3.72. The predicted molar refractivity (Wildman–Crippen MR) is 80.4 cm³/mol. The van der Waals surface area contributed by atoms with Gasteiger partial charge in [-0.1, -0.05) is 0 Å². The molecule has 0 bridgehead atoms. The highest BCUT2D eigenvalue weighted by atomic mass is 16.4. The molecule has 0 radical (unpaired) electrons. The number of carbonyl (C=O) groups excluding carboxylic acids is 1. The molecule has 2 heterocycles. The van der Waals surface area contributed by atoms with Gasteiger partial charge < -0.3 is 15.3 Å². The van der Waals surface area contributed by atoms with E-state index in [4.69, 9.17) is 5.11 Å². The second-order valence-electron chi connectivity index (χ2n) is 5.38. The SMILES string of the molecule is CC1CCCCN1c1ccc(NC(=O)CCC(=O)O)nc1. The lowest BCUT2D eigenvalue weighted by atomic mass is 10.0. The summed E-state index contributed by atoms with van der Waals surface area (Å²) in [5, 5.41) is 11.1. The average molecular weight is 291 g/mol. The van der Waals surface area contributed by atoms with Gasteiger partial charge in [-0.2, -0.15) is 0 Å². The van der Waals surface area contributed by atoms with E-state index in [1.165, 1.54) is 19.3 Å². The van der Waals surface area contributed by atoms with E-state index < -0.39 is 5.97 Å². The lowest BCUT2D eigenvalue weighted by Gasteiger charge is -2.35. The first-order valence-electron chi connectivity index (χ1n) is 7.30. The van der Waals surface area contributed by atoms with E-state index >= 15 is 0 Å². The fraction of sp³-hybridized carbons (Fsp3) is 0.533. The lowest BCUT2D eigenvalue weighted by Crippen LogP contribution is -2.37. The van der Waals surface area contributed by atoms with Gasteiger partial charge in [-0.15, -0.1) is 0 Å². The van der Waals surface area contributed by atoms with Crippen LogP contribution < -0.4 is 10.2 Å². The van der Waals surface area contributed by atoms with Crippen LogP contribution in [0.15, 0.2) is 18.3 Å². The number of rotatable bonds is 5. The Hall–Kier alpha value is -2.11. The van der Waals surface area contributed by atoms with Crippen molar-refractivity contribution in [3.63, 3.8) is 0 Å². The fourth-order valence-electron chi connectivity index (χ4n) is 2.54. The third kappa shape index (κ3) is 4.44. The average Bonchev–Trinajstić information content (AvgIpc) is 2.47. The van der Waals surface area contributed by atoms with E-state index in [1.54, 1.807) is 12.3 Å². The molecule has 0 aliphatic carbocycles. The Labute approximate surface area is 124 Å². The molecule has 1 unspecified atom stereocenters. The van der Waals surface area contributed by atoms with E-state index in [-0.39, 0.29) is 18.7 Å². The summed E-state index contributed by atoms with van der Waals surface area (Å²) in [4.78, 5) is 28.5. The summed E-state index contributed by atoms with van der Waals surface area (Å²) < 4.78 is 0. The molecule has 2 rings (SSSR count). The van der Waals surface area contributed by atoms with Crippen LogP contribution in [-0.2, 0) is 9.59 Å². The number of amides is 1. The summed E-state index contributed by atoms with van der Waals surface area (Å²) in [6.07, 6.45) is 5.19. The van der Waals surface area contributed by atoms with Gasteiger partial charge in [-0.25, -0.2) is 4.98 Å². The first-order chi connectivity index (χ1) is 10.1. The highest BCUT2D eigenvalue weighted by Gasteiger charge is 2.18. The van der Waals surface area contributed by atoms with E-state index in [0.717, 1.165) is 12.2 Å². The quantitative estimate of drug-likeness (QED) is 0.869. The zero-order valence-electron chi connectivity index (χ0n) is 12.2.